The van der Waals surface area contributed by atoms with Gasteiger partial charge in [-0.15, -0.1) is 0 Å². The van der Waals surface area contributed by atoms with Gasteiger partial charge in [-0.3, -0.25) is 0 Å². The third kappa shape index (κ3) is 5.31. The van der Waals surface area contributed by atoms with Crippen LogP contribution < -0.4 is 0 Å². The summed E-state index contributed by atoms with van der Waals surface area (Å²) in [4.78, 5) is 9.96. The summed E-state index contributed by atoms with van der Waals surface area (Å²) in [6, 6.07) is 0. The van der Waals surface area contributed by atoms with Gasteiger partial charge in [0.2, 0.25) is 0 Å². The van der Waals surface area contributed by atoms with Crippen molar-refractivity contribution >= 4 is 5.97 Å². The molecule has 1 unspecified atom stereocenters. The lowest BCUT2D eigenvalue weighted by molar-refractivity contribution is -0.143. The highest BCUT2D eigenvalue weighted by atomic mass is 16.5. The van der Waals surface area contributed by atoms with E-state index < -0.39 is 5.97 Å². The first kappa shape index (κ1) is 9.17. The summed E-state index contributed by atoms with van der Waals surface area (Å²) in [7, 11) is 0. The SMILES string of the molecule is CC=CC(C)OCC(=O)O. The predicted octanol–water partition coefficient (Wildman–Crippen LogP) is 1.05. The molecule has 0 aliphatic heterocycles. The van der Waals surface area contributed by atoms with E-state index in [0.717, 1.165) is 0 Å². The van der Waals surface area contributed by atoms with Crippen LogP contribution in [-0.2, 0) is 9.53 Å². The predicted molar refractivity (Wildman–Crippen MR) is 37.9 cm³/mol. The van der Waals surface area contributed by atoms with Gasteiger partial charge in [-0.25, -0.2) is 4.79 Å². The zero-order chi connectivity index (χ0) is 7.98. The Labute approximate surface area is 60.3 Å². The molecule has 0 radical (unpaired) electrons. The van der Waals surface area contributed by atoms with Gasteiger partial charge < -0.3 is 9.84 Å². The fraction of sp³-hybridized carbons (Fsp3) is 0.571. The molecule has 0 saturated heterocycles. The molecule has 0 amide bonds. The van der Waals surface area contributed by atoms with Gasteiger partial charge in [0.05, 0.1) is 6.10 Å². The second kappa shape index (κ2) is 4.99. The van der Waals surface area contributed by atoms with Crippen molar-refractivity contribution in [3.05, 3.63) is 12.2 Å². The third-order valence-electron chi connectivity index (χ3n) is 0.933. The molecule has 3 heteroatoms. The molecule has 0 heterocycles. The van der Waals surface area contributed by atoms with Crippen molar-refractivity contribution in [3.8, 4) is 0 Å². The summed E-state index contributed by atoms with van der Waals surface area (Å²) in [5, 5.41) is 8.18. The highest BCUT2D eigenvalue weighted by molar-refractivity contribution is 5.68. The summed E-state index contributed by atoms with van der Waals surface area (Å²) in [6.45, 7) is 3.43. The fourth-order valence-corrected chi connectivity index (χ4v) is 0.529. The summed E-state index contributed by atoms with van der Waals surface area (Å²) < 4.78 is 4.86. The molecule has 0 rings (SSSR count). The van der Waals surface area contributed by atoms with Gasteiger partial charge in [0, 0.05) is 0 Å². The smallest absolute Gasteiger partial charge is 0.329 e. The zero-order valence-electron chi connectivity index (χ0n) is 6.20. The van der Waals surface area contributed by atoms with E-state index in [1.807, 2.05) is 13.0 Å². The molecule has 0 aliphatic rings. The number of hydrogen-bond donors (Lipinski definition) is 1. The number of rotatable bonds is 4. The molecule has 0 fully saturated rings. The van der Waals surface area contributed by atoms with Crippen LogP contribution in [0.1, 0.15) is 13.8 Å². The lowest BCUT2D eigenvalue weighted by Crippen LogP contribution is -2.12. The molecule has 0 bridgehead atoms. The molecule has 1 N–H and O–H groups in total. The van der Waals surface area contributed by atoms with Crippen molar-refractivity contribution in [2.75, 3.05) is 6.61 Å². The van der Waals surface area contributed by atoms with Gasteiger partial charge >= 0.3 is 5.97 Å². The monoisotopic (exact) mass is 144 g/mol. The molecule has 3 nitrogen and oxygen atoms in total. The van der Waals surface area contributed by atoms with E-state index in [0.29, 0.717) is 0 Å². The van der Waals surface area contributed by atoms with E-state index in [9.17, 15) is 4.79 Å². The minimum absolute atomic E-state index is 0.110. The average molecular weight is 144 g/mol. The van der Waals surface area contributed by atoms with Crippen LogP contribution in [0.15, 0.2) is 12.2 Å². The van der Waals surface area contributed by atoms with E-state index in [-0.39, 0.29) is 12.7 Å². The first-order valence-corrected chi connectivity index (χ1v) is 3.13. The topological polar surface area (TPSA) is 46.5 Å². The van der Waals surface area contributed by atoms with Crippen molar-refractivity contribution < 1.29 is 14.6 Å². The Balaban J connectivity index is 3.39. The first-order chi connectivity index (χ1) is 4.66. The van der Waals surface area contributed by atoms with Gasteiger partial charge in [-0.2, -0.15) is 0 Å². The van der Waals surface area contributed by atoms with Crippen molar-refractivity contribution in [1.82, 2.24) is 0 Å². The molecule has 0 aromatic carbocycles. The molecule has 10 heavy (non-hydrogen) atoms. The van der Waals surface area contributed by atoms with E-state index in [4.69, 9.17) is 9.84 Å². The summed E-state index contributed by atoms with van der Waals surface area (Å²) in [6.07, 6.45) is 3.51. The van der Waals surface area contributed by atoms with Crippen LogP contribution in [-0.4, -0.2) is 23.8 Å². The standard InChI is InChI=1S/C7H12O3/c1-3-4-6(2)10-5-7(8)9/h3-4,6H,5H2,1-2H3,(H,8,9). The largest absolute Gasteiger partial charge is 0.480 e. The number of carboxylic acids is 1. The van der Waals surface area contributed by atoms with Gasteiger partial charge in [-0.05, 0) is 13.8 Å². The van der Waals surface area contributed by atoms with Gasteiger partial charge in [0.1, 0.15) is 6.61 Å². The van der Waals surface area contributed by atoms with Gasteiger partial charge in [0.15, 0.2) is 0 Å². The van der Waals surface area contributed by atoms with Crippen molar-refractivity contribution in [2.24, 2.45) is 0 Å². The second-order valence-electron chi connectivity index (χ2n) is 1.94. The van der Waals surface area contributed by atoms with Crippen LogP contribution in [0.3, 0.4) is 0 Å². The van der Waals surface area contributed by atoms with Crippen molar-refractivity contribution in [2.45, 2.75) is 20.0 Å². The Kier molecular flexibility index (Phi) is 4.58. The lowest BCUT2D eigenvalue weighted by Gasteiger charge is -2.04. The van der Waals surface area contributed by atoms with Gasteiger partial charge in [0.25, 0.3) is 0 Å². The molecule has 0 saturated carbocycles. The van der Waals surface area contributed by atoms with Crippen LogP contribution in [0.25, 0.3) is 0 Å². The molecular weight excluding hydrogens is 132 g/mol. The maximum absolute atomic E-state index is 9.96. The minimum atomic E-state index is -0.934. The highest BCUT2D eigenvalue weighted by Gasteiger charge is 1.99. The van der Waals surface area contributed by atoms with Crippen LogP contribution in [0, 0.1) is 0 Å². The van der Waals surface area contributed by atoms with Gasteiger partial charge in [-0.1, -0.05) is 12.2 Å². The number of allylic oxidation sites excluding steroid dienone is 1. The Morgan fingerprint density at radius 2 is 2.40 bits per heavy atom. The molecule has 0 aliphatic carbocycles. The number of carbonyl (C=O) groups is 1. The summed E-state index contributed by atoms with van der Waals surface area (Å²) >= 11 is 0. The molecule has 0 aromatic heterocycles. The molecule has 0 aromatic rings. The van der Waals surface area contributed by atoms with E-state index in [1.165, 1.54) is 0 Å². The lowest BCUT2D eigenvalue weighted by atomic mass is 10.4. The van der Waals surface area contributed by atoms with E-state index >= 15 is 0 Å². The van der Waals surface area contributed by atoms with Crippen LogP contribution in [0.4, 0.5) is 0 Å². The molecule has 58 valence electrons. The number of carboxylic acid groups (broad SMARTS) is 1. The maximum atomic E-state index is 9.96. The summed E-state index contributed by atoms with van der Waals surface area (Å²) in [5.41, 5.74) is 0. The minimum Gasteiger partial charge on any atom is -0.480 e. The first-order valence-electron chi connectivity index (χ1n) is 3.13. The Morgan fingerprint density at radius 3 is 2.80 bits per heavy atom. The number of hydrogen-bond acceptors (Lipinski definition) is 2. The fourth-order valence-electron chi connectivity index (χ4n) is 0.529. The van der Waals surface area contributed by atoms with E-state index in [2.05, 4.69) is 0 Å². The zero-order valence-corrected chi connectivity index (χ0v) is 6.20. The third-order valence-corrected chi connectivity index (χ3v) is 0.933. The van der Waals surface area contributed by atoms with Crippen LogP contribution in [0.5, 0.6) is 0 Å². The van der Waals surface area contributed by atoms with Crippen molar-refractivity contribution in [3.63, 3.8) is 0 Å². The van der Waals surface area contributed by atoms with Crippen molar-refractivity contribution in [1.29, 1.82) is 0 Å². The average Bonchev–Trinajstić information content (AvgIpc) is 1.85. The molecule has 0 spiro atoms. The molecule has 1 atom stereocenters. The Bertz CT molecular complexity index is 129. The normalized spacial score (nSPS) is 13.8. The highest BCUT2D eigenvalue weighted by Crippen LogP contribution is 1.91. The quantitative estimate of drug-likeness (QED) is 0.600. The summed E-state index contributed by atoms with van der Waals surface area (Å²) in [5.74, 6) is -0.934. The number of ether oxygens (including phenoxy) is 1. The van der Waals surface area contributed by atoms with Crippen LogP contribution >= 0.6 is 0 Å². The Hall–Kier alpha value is -0.830. The van der Waals surface area contributed by atoms with Crippen LogP contribution in [0.2, 0.25) is 0 Å². The van der Waals surface area contributed by atoms with E-state index in [1.54, 1.807) is 13.0 Å². The maximum Gasteiger partial charge on any atom is 0.329 e. The second-order valence-corrected chi connectivity index (χ2v) is 1.94. The Morgan fingerprint density at radius 1 is 1.80 bits per heavy atom. The molecular formula is C7H12O3. The number of aliphatic carboxylic acids is 1.